The van der Waals surface area contributed by atoms with Crippen LogP contribution in [0.3, 0.4) is 0 Å². The normalized spacial score (nSPS) is 16.8. The van der Waals surface area contributed by atoms with Crippen molar-refractivity contribution in [2.75, 3.05) is 6.54 Å². The van der Waals surface area contributed by atoms with Gasteiger partial charge in [-0.3, -0.25) is 0 Å². The maximum absolute atomic E-state index is 5.75. The molecule has 0 aliphatic heterocycles. The summed E-state index contributed by atoms with van der Waals surface area (Å²) in [5.74, 6) is 0. The molecule has 0 fully saturated rings. The molecule has 2 atom stereocenters. The van der Waals surface area contributed by atoms with Gasteiger partial charge >= 0.3 is 0 Å². The number of nitrogens with two attached hydrogens (primary N) is 2. The molecule has 10 heavy (non-hydrogen) atoms. The van der Waals surface area contributed by atoms with Crippen molar-refractivity contribution in [2.45, 2.75) is 30.1 Å². The van der Waals surface area contributed by atoms with Crippen LogP contribution in [0, 0.1) is 0 Å². The number of alkyl halides is 2. The van der Waals surface area contributed by atoms with E-state index in [0.717, 1.165) is 19.3 Å². The molecular formula is C6H14Cl2N2. The summed E-state index contributed by atoms with van der Waals surface area (Å²) in [4.78, 5) is 0. The van der Waals surface area contributed by atoms with Gasteiger partial charge in [-0.25, -0.2) is 0 Å². The van der Waals surface area contributed by atoms with Crippen LogP contribution < -0.4 is 11.5 Å². The molecule has 4 N–H and O–H groups in total. The topological polar surface area (TPSA) is 52.0 Å². The quantitative estimate of drug-likeness (QED) is 0.384. The number of unbranched alkanes of at least 4 members (excludes halogenated alkanes) is 1. The van der Waals surface area contributed by atoms with Gasteiger partial charge in [0.15, 0.2) is 0 Å². The van der Waals surface area contributed by atoms with Crippen LogP contribution in [0.5, 0.6) is 0 Å². The van der Waals surface area contributed by atoms with Crippen LogP contribution in [0.1, 0.15) is 19.3 Å². The van der Waals surface area contributed by atoms with Crippen LogP contribution in [0.4, 0.5) is 0 Å². The summed E-state index contributed by atoms with van der Waals surface area (Å²) in [6.07, 6.45) is 2.85. The highest BCUT2D eigenvalue weighted by Crippen LogP contribution is 2.12. The van der Waals surface area contributed by atoms with Crippen molar-refractivity contribution < 1.29 is 0 Å². The summed E-state index contributed by atoms with van der Waals surface area (Å²) in [5, 5.41) is -0.117. The number of rotatable bonds is 5. The SMILES string of the molecule is NCCCCC(Cl)C(N)Cl. The van der Waals surface area contributed by atoms with E-state index in [2.05, 4.69) is 0 Å². The highest BCUT2D eigenvalue weighted by Gasteiger charge is 2.10. The van der Waals surface area contributed by atoms with Crippen LogP contribution in [0.2, 0.25) is 0 Å². The van der Waals surface area contributed by atoms with E-state index in [9.17, 15) is 0 Å². The average molecular weight is 185 g/mol. The van der Waals surface area contributed by atoms with Crippen molar-refractivity contribution in [3.8, 4) is 0 Å². The van der Waals surface area contributed by atoms with Gasteiger partial charge in [0, 0.05) is 0 Å². The number of halogens is 2. The minimum Gasteiger partial charge on any atom is -0.330 e. The summed E-state index contributed by atoms with van der Waals surface area (Å²) in [6, 6.07) is 0. The van der Waals surface area contributed by atoms with E-state index in [0.29, 0.717) is 6.54 Å². The van der Waals surface area contributed by atoms with Crippen LogP contribution in [0.25, 0.3) is 0 Å². The van der Waals surface area contributed by atoms with E-state index in [1.807, 2.05) is 0 Å². The van der Waals surface area contributed by atoms with E-state index in [1.54, 1.807) is 0 Å². The van der Waals surface area contributed by atoms with E-state index in [1.165, 1.54) is 0 Å². The van der Waals surface area contributed by atoms with Crippen LogP contribution in [-0.2, 0) is 0 Å². The summed E-state index contributed by atoms with van der Waals surface area (Å²) < 4.78 is 0. The van der Waals surface area contributed by atoms with Gasteiger partial charge in [0.1, 0.15) is 0 Å². The molecule has 0 rings (SSSR count). The Kier molecular flexibility index (Phi) is 6.54. The first kappa shape index (κ1) is 10.5. The second kappa shape index (κ2) is 6.23. The largest absolute Gasteiger partial charge is 0.330 e. The predicted molar refractivity (Wildman–Crippen MR) is 46.4 cm³/mol. The Morgan fingerprint density at radius 2 is 1.80 bits per heavy atom. The van der Waals surface area contributed by atoms with Gasteiger partial charge in [-0.2, -0.15) is 0 Å². The van der Waals surface area contributed by atoms with Crippen LogP contribution in [-0.4, -0.2) is 17.4 Å². The number of hydrogen-bond acceptors (Lipinski definition) is 2. The molecule has 0 saturated heterocycles. The first-order valence-corrected chi connectivity index (χ1v) is 4.29. The van der Waals surface area contributed by atoms with Crippen molar-refractivity contribution >= 4 is 23.2 Å². The molecule has 2 nitrogen and oxygen atoms in total. The van der Waals surface area contributed by atoms with Gasteiger partial charge in [-0.1, -0.05) is 6.42 Å². The fourth-order valence-electron chi connectivity index (χ4n) is 0.643. The minimum absolute atomic E-state index is 0.117. The molecule has 0 aromatic heterocycles. The smallest absolute Gasteiger partial charge is 0.0966 e. The summed E-state index contributed by atoms with van der Waals surface area (Å²) >= 11 is 11.3. The fraction of sp³-hybridized carbons (Fsp3) is 1.00. The second-order valence-corrected chi connectivity index (χ2v) is 3.31. The van der Waals surface area contributed by atoms with Gasteiger partial charge in [0.05, 0.1) is 10.9 Å². The second-order valence-electron chi connectivity index (χ2n) is 2.24. The van der Waals surface area contributed by atoms with Gasteiger partial charge in [-0.05, 0) is 19.4 Å². The number of hydrogen-bond donors (Lipinski definition) is 2. The molecule has 0 aromatic carbocycles. The zero-order valence-electron chi connectivity index (χ0n) is 5.89. The Morgan fingerprint density at radius 3 is 2.20 bits per heavy atom. The standard InChI is InChI=1S/C6H14Cl2N2/c7-5(6(8)10)3-1-2-4-9/h5-6H,1-4,9-10H2. The first-order chi connectivity index (χ1) is 4.68. The highest BCUT2D eigenvalue weighted by molar-refractivity contribution is 6.29. The van der Waals surface area contributed by atoms with Crippen molar-refractivity contribution in [3.63, 3.8) is 0 Å². The van der Waals surface area contributed by atoms with Gasteiger partial charge < -0.3 is 11.5 Å². The van der Waals surface area contributed by atoms with E-state index >= 15 is 0 Å². The Balaban J connectivity index is 3.13. The third-order valence-electron chi connectivity index (χ3n) is 1.28. The van der Waals surface area contributed by atoms with E-state index < -0.39 is 5.50 Å². The molecule has 0 amide bonds. The monoisotopic (exact) mass is 184 g/mol. The van der Waals surface area contributed by atoms with Crippen LogP contribution in [0.15, 0.2) is 0 Å². The van der Waals surface area contributed by atoms with Crippen molar-refractivity contribution in [1.29, 1.82) is 0 Å². The fourth-order valence-corrected chi connectivity index (χ4v) is 0.923. The molecule has 0 spiro atoms. The molecular weight excluding hydrogens is 171 g/mol. The summed E-state index contributed by atoms with van der Waals surface area (Å²) in [7, 11) is 0. The Hall–Kier alpha value is 0.500. The third kappa shape index (κ3) is 5.30. The molecule has 62 valence electrons. The van der Waals surface area contributed by atoms with Crippen molar-refractivity contribution in [3.05, 3.63) is 0 Å². The molecule has 0 heterocycles. The average Bonchev–Trinajstić information content (AvgIpc) is 1.88. The van der Waals surface area contributed by atoms with E-state index in [-0.39, 0.29) is 5.38 Å². The van der Waals surface area contributed by atoms with Gasteiger partial charge in [0.2, 0.25) is 0 Å². The lowest BCUT2D eigenvalue weighted by molar-refractivity contribution is 0.640. The van der Waals surface area contributed by atoms with Crippen LogP contribution >= 0.6 is 23.2 Å². The molecule has 0 aliphatic carbocycles. The lowest BCUT2D eigenvalue weighted by Gasteiger charge is -2.09. The maximum atomic E-state index is 5.75. The van der Waals surface area contributed by atoms with E-state index in [4.69, 9.17) is 34.7 Å². The lowest BCUT2D eigenvalue weighted by Crippen LogP contribution is -2.24. The summed E-state index contributed by atoms with van der Waals surface area (Å²) in [5.41, 5.74) is 10.2. The molecule has 0 bridgehead atoms. The molecule has 0 radical (unpaired) electrons. The maximum Gasteiger partial charge on any atom is 0.0966 e. The summed E-state index contributed by atoms with van der Waals surface area (Å²) in [6.45, 7) is 0.709. The third-order valence-corrected chi connectivity index (χ3v) is 2.20. The van der Waals surface area contributed by atoms with Crippen molar-refractivity contribution in [2.24, 2.45) is 11.5 Å². The molecule has 4 heteroatoms. The lowest BCUT2D eigenvalue weighted by atomic mass is 10.2. The minimum atomic E-state index is -0.431. The Morgan fingerprint density at radius 1 is 1.20 bits per heavy atom. The molecule has 2 unspecified atom stereocenters. The molecule has 0 saturated carbocycles. The van der Waals surface area contributed by atoms with Crippen molar-refractivity contribution in [1.82, 2.24) is 0 Å². The Bertz CT molecular complexity index is 78.1. The van der Waals surface area contributed by atoms with Gasteiger partial charge in [0.25, 0.3) is 0 Å². The zero-order valence-corrected chi connectivity index (χ0v) is 7.41. The molecule has 0 aromatic rings. The first-order valence-electron chi connectivity index (χ1n) is 3.42. The molecule has 0 aliphatic rings. The van der Waals surface area contributed by atoms with Gasteiger partial charge in [-0.15, -0.1) is 23.2 Å². The highest BCUT2D eigenvalue weighted by atomic mass is 35.5. The zero-order chi connectivity index (χ0) is 7.98. The Labute approximate surface area is 71.9 Å². The predicted octanol–water partition coefficient (Wildman–Crippen LogP) is 1.25.